The molecule has 2 radical (unpaired) electrons. The molecule has 1 saturated carbocycles. The third kappa shape index (κ3) is 1.55. The smallest absolute Gasteiger partial charge is 0.271 e. The second kappa shape index (κ2) is 3.90. The maximum Gasteiger partial charge on any atom is 0.271 e. The molecule has 0 bridgehead atoms. The van der Waals surface area contributed by atoms with Crippen LogP contribution < -0.4 is 5.73 Å². The molecule has 1 aliphatic rings. The first-order valence-corrected chi connectivity index (χ1v) is 4.71. The lowest BCUT2D eigenvalue weighted by Crippen LogP contribution is -2.34. The monoisotopic (exact) mass is 213 g/mol. The number of methoxy groups -OCH3 is 1. The second-order valence-electron chi connectivity index (χ2n) is 4.18. The Morgan fingerprint density at radius 1 is 1.47 bits per heavy atom. The highest BCUT2D eigenvalue weighted by atomic mass is 16.5. The van der Waals surface area contributed by atoms with Crippen molar-refractivity contribution in [2.24, 2.45) is 11.3 Å². The number of hydrogen-bond acceptors (Lipinski definition) is 4. The zero-order valence-electron chi connectivity index (χ0n) is 9.12. The molecule has 2 unspecified atom stereocenters. The van der Waals surface area contributed by atoms with Crippen molar-refractivity contribution in [2.45, 2.75) is 19.4 Å². The highest BCUT2D eigenvalue weighted by Crippen LogP contribution is 2.62. The molecule has 1 amide bonds. The lowest BCUT2D eigenvalue weighted by Gasteiger charge is -2.16. The van der Waals surface area contributed by atoms with E-state index in [9.17, 15) is 9.59 Å². The molecule has 1 aliphatic carbocycles. The van der Waals surface area contributed by atoms with Crippen molar-refractivity contribution in [1.29, 1.82) is 0 Å². The first-order chi connectivity index (χ1) is 6.95. The zero-order valence-corrected chi connectivity index (χ0v) is 9.12. The van der Waals surface area contributed by atoms with Crippen LogP contribution in [0.3, 0.4) is 0 Å². The van der Waals surface area contributed by atoms with Crippen LogP contribution in [0.1, 0.15) is 13.8 Å². The fourth-order valence-corrected chi connectivity index (χ4v) is 2.00. The molecule has 0 aromatic rings. The first-order valence-electron chi connectivity index (χ1n) is 4.71. The third-order valence-electron chi connectivity index (χ3n) is 3.07. The fourth-order valence-electron chi connectivity index (χ4n) is 2.00. The number of carbonyl (C=O) groups excluding carboxylic acids is 2. The van der Waals surface area contributed by atoms with E-state index in [0.29, 0.717) is 6.61 Å². The van der Waals surface area contributed by atoms with E-state index in [1.807, 2.05) is 0 Å². The third-order valence-corrected chi connectivity index (χ3v) is 3.07. The van der Waals surface area contributed by atoms with Crippen molar-refractivity contribution in [3.05, 3.63) is 0 Å². The fraction of sp³-hybridized carbons (Fsp3) is 0.800. The average Bonchev–Trinajstić information content (AvgIpc) is 2.64. The van der Waals surface area contributed by atoms with E-state index in [0.717, 1.165) is 0 Å². The first kappa shape index (κ1) is 12.1. The van der Waals surface area contributed by atoms with Crippen molar-refractivity contribution in [3.8, 4) is 0 Å². The molecule has 0 aromatic carbocycles. The molecule has 84 valence electrons. The number of carbonyl (C=O) groups is 1. The molecule has 5 nitrogen and oxygen atoms in total. The molecule has 15 heavy (non-hydrogen) atoms. The van der Waals surface area contributed by atoms with Crippen LogP contribution in [0.15, 0.2) is 0 Å². The van der Waals surface area contributed by atoms with Crippen LogP contribution in [0.4, 0.5) is 0 Å². The standard InChI is InChI=1S/C10H15NO4/c1-9(2)7(6-12)10(9,8(11)13)15-5-4-14-3/h7,11H,4-5H2,1-3H3. The Morgan fingerprint density at radius 3 is 2.40 bits per heavy atom. The summed E-state index contributed by atoms with van der Waals surface area (Å²) in [5.41, 5.74) is 5.23. The molecule has 0 heterocycles. The summed E-state index contributed by atoms with van der Waals surface area (Å²) in [6.07, 6.45) is 1.77. The van der Waals surface area contributed by atoms with Crippen LogP contribution in [0, 0.1) is 11.3 Å². The van der Waals surface area contributed by atoms with Crippen molar-refractivity contribution in [3.63, 3.8) is 0 Å². The molecule has 1 rings (SSSR count). The maximum atomic E-state index is 11.2. The van der Waals surface area contributed by atoms with Gasteiger partial charge in [0.25, 0.3) is 5.91 Å². The molecular weight excluding hydrogens is 198 g/mol. The number of rotatable bonds is 6. The van der Waals surface area contributed by atoms with E-state index >= 15 is 0 Å². The Balaban J connectivity index is 2.75. The second-order valence-corrected chi connectivity index (χ2v) is 4.18. The Bertz CT molecular complexity index is 277. The summed E-state index contributed by atoms with van der Waals surface area (Å²) in [5, 5.41) is 0. The van der Waals surface area contributed by atoms with Crippen LogP contribution in [0.2, 0.25) is 0 Å². The number of nitrogens with one attached hydrogen (secondary N) is 1. The lowest BCUT2D eigenvalue weighted by atomic mass is 10.1. The molecule has 1 N–H and O–H groups in total. The topological polar surface area (TPSA) is 76.4 Å². The van der Waals surface area contributed by atoms with Gasteiger partial charge >= 0.3 is 0 Å². The Kier molecular flexibility index (Phi) is 3.16. The minimum Gasteiger partial charge on any atom is -0.382 e. The maximum absolute atomic E-state index is 11.2. The Labute approximate surface area is 88.9 Å². The Hall–Kier alpha value is -0.940. The normalized spacial score (nSPS) is 32.3. The van der Waals surface area contributed by atoms with Gasteiger partial charge in [-0.15, -0.1) is 0 Å². The number of amides is 1. The van der Waals surface area contributed by atoms with Crippen LogP contribution in [-0.2, 0) is 19.1 Å². The van der Waals surface area contributed by atoms with Crippen LogP contribution in [-0.4, -0.2) is 38.1 Å². The number of hydrogen-bond donors (Lipinski definition) is 0. The van der Waals surface area contributed by atoms with E-state index in [-0.39, 0.29) is 6.61 Å². The molecule has 0 aromatic heterocycles. The van der Waals surface area contributed by atoms with Gasteiger partial charge in [-0.2, -0.15) is 0 Å². The summed E-state index contributed by atoms with van der Waals surface area (Å²) in [6, 6.07) is 0. The summed E-state index contributed by atoms with van der Waals surface area (Å²) in [5.74, 6) is -1.51. The summed E-state index contributed by atoms with van der Waals surface area (Å²) in [6.45, 7) is 3.98. The van der Waals surface area contributed by atoms with E-state index in [2.05, 4.69) is 0 Å². The Morgan fingerprint density at radius 2 is 2.07 bits per heavy atom. The van der Waals surface area contributed by atoms with E-state index < -0.39 is 22.8 Å². The van der Waals surface area contributed by atoms with Gasteiger partial charge in [0.05, 0.1) is 19.1 Å². The van der Waals surface area contributed by atoms with Crippen LogP contribution in [0.25, 0.3) is 0 Å². The van der Waals surface area contributed by atoms with Crippen molar-refractivity contribution in [2.75, 3.05) is 20.3 Å². The van der Waals surface area contributed by atoms with Gasteiger partial charge in [0.15, 0.2) is 5.60 Å². The quantitative estimate of drug-likeness (QED) is 0.580. The number of ether oxygens (including phenoxy) is 2. The van der Waals surface area contributed by atoms with Crippen LogP contribution >= 0.6 is 0 Å². The van der Waals surface area contributed by atoms with E-state index in [1.165, 1.54) is 7.11 Å². The van der Waals surface area contributed by atoms with E-state index in [1.54, 1.807) is 20.1 Å². The average molecular weight is 213 g/mol. The summed E-state index contributed by atoms with van der Waals surface area (Å²) in [7, 11) is 1.51. The minimum atomic E-state index is -1.31. The van der Waals surface area contributed by atoms with Crippen LogP contribution in [0.5, 0.6) is 0 Å². The van der Waals surface area contributed by atoms with Crippen molar-refractivity contribution < 1.29 is 19.1 Å². The van der Waals surface area contributed by atoms with Gasteiger partial charge in [-0.25, -0.2) is 0 Å². The molecule has 2 atom stereocenters. The zero-order chi connectivity index (χ0) is 11.7. The van der Waals surface area contributed by atoms with Gasteiger partial charge < -0.3 is 9.47 Å². The van der Waals surface area contributed by atoms with Gasteiger partial charge in [-0.3, -0.25) is 15.3 Å². The SMILES string of the molecule is COCCOC1(C([NH])=O)C([C]=O)C1(C)C. The summed E-state index contributed by atoms with van der Waals surface area (Å²) < 4.78 is 10.1. The highest BCUT2D eigenvalue weighted by molar-refractivity contribution is 5.94. The predicted molar refractivity (Wildman–Crippen MR) is 51.6 cm³/mol. The largest absolute Gasteiger partial charge is 0.382 e. The van der Waals surface area contributed by atoms with Gasteiger partial charge in [-0.1, -0.05) is 13.8 Å². The molecule has 0 spiro atoms. The van der Waals surface area contributed by atoms with Gasteiger partial charge in [-0.05, 0) is 0 Å². The molecule has 1 fully saturated rings. The van der Waals surface area contributed by atoms with Gasteiger partial charge in [0.1, 0.15) is 0 Å². The summed E-state index contributed by atoms with van der Waals surface area (Å²) in [4.78, 5) is 21.9. The molecule has 0 aliphatic heterocycles. The summed E-state index contributed by atoms with van der Waals surface area (Å²) >= 11 is 0. The highest BCUT2D eigenvalue weighted by Gasteiger charge is 2.77. The molecule has 5 heteroatoms. The van der Waals surface area contributed by atoms with E-state index in [4.69, 9.17) is 15.2 Å². The minimum absolute atomic E-state index is 0.197. The van der Waals surface area contributed by atoms with Crippen molar-refractivity contribution in [1.82, 2.24) is 5.73 Å². The predicted octanol–water partition coefficient (Wildman–Crippen LogP) is -0.0366. The molecule has 0 saturated heterocycles. The lowest BCUT2D eigenvalue weighted by molar-refractivity contribution is -0.137. The van der Waals surface area contributed by atoms with Gasteiger partial charge in [0.2, 0.25) is 6.29 Å². The van der Waals surface area contributed by atoms with Crippen molar-refractivity contribution >= 4 is 12.2 Å². The van der Waals surface area contributed by atoms with Gasteiger partial charge in [0, 0.05) is 12.5 Å². The molecular formula is C10H15NO4.